The van der Waals surface area contributed by atoms with E-state index in [0.29, 0.717) is 24.5 Å². The molecule has 2 heterocycles. The van der Waals surface area contributed by atoms with Crippen molar-refractivity contribution in [2.75, 3.05) is 18.5 Å². The average Bonchev–Trinajstić information content (AvgIpc) is 3.10. The number of ether oxygens (including phenoxy) is 2. The van der Waals surface area contributed by atoms with E-state index in [1.807, 2.05) is 12.1 Å². The van der Waals surface area contributed by atoms with Crippen molar-refractivity contribution in [1.29, 1.82) is 0 Å². The Morgan fingerprint density at radius 1 is 1.15 bits per heavy atom. The first kappa shape index (κ1) is 13.2. The van der Waals surface area contributed by atoms with Gasteiger partial charge in [-0.25, -0.2) is 0 Å². The average molecular weight is 294 g/mol. The predicted molar refractivity (Wildman–Crippen MR) is 72.8 cm³/mol. The predicted octanol–water partition coefficient (Wildman–Crippen LogP) is 3.23. The minimum atomic E-state index is -0.317. The molecule has 1 amide bonds. The van der Waals surface area contributed by atoms with Crippen molar-refractivity contribution in [3.8, 4) is 0 Å². The lowest BCUT2D eigenvalue weighted by Crippen LogP contribution is -2.11. The zero-order valence-electron chi connectivity index (χ0n) is 10.5. The van der Waals surface area contributed by atoms with E-state index < -0.39 is 0 Å². The van der Waals surface area contributed by atoms with Crippen LogP contribution in [0.3, 0.4) is 0 Å². The van der Waals surface area contributed by atoms with Crippen molar-refractivity contribution in [1.82, 2.24) is 0 Å². The van der Waals surface area contributed by atoms with Crippen LogP contribution in [-0.2, 0) is 9.47 Å². The van der Waals surface area contributed by atoms with Gasteiger partial charge in [-0.1, -0.05) is 12.1 Å². The van der Waals surface area contributed by atoms with Gasteiger partial charge in [0.05, 0.1) is 25.0 Å². The Balaban J connectivity index is 1.69. The molecule has 0 spiro atoms. The van der Waals surface area contributed by atoms with Crippen LogP contribution in [0.15, 0.2) is 41.0 Å². The number of carbonyl (C=O) groups is 1. The first-order valence-corrected chi connectivity index (χ1v) is 6.49. The van der Waals surface area contributed by atoms with E-state index in [2.05, 4.69) is 5.32 Å². The van der Waals surface area contributed by atoms with E-state index in [0.717, 1.165) is 5.56 Å². The molecule has 1 aromatic carbocycles. The lowest BCUT2D eigenvalue weighted by molar-refractivity contribution is -0.0441. The fourth-order valence-electron chi connectivity index (χ4n) is 1.93. The quantitative estimate of drug-likeness (QED) is 0.944. The molecular weight excluding hydrogens is 282 g/mol. The first-order valence-electron chi connectivity index (χ1n) is 6.11. The van der Waals surface area contributed by atoms with Crippen molar-refractivity contribution < 1.29 is 18.7 Å². The fraction of sp³-hybridized carbons (Fsp3) is 0.214. The molecule has 0 atom stereocenters. The maximum absolute atomic E-state index is 11.9. The summed E-state index contributed by atoms with van der Waals surface area (Å²) in [5, 5.41) is 2.81. The molecule has 0 bridgehead atoms. The van der Waals surface area contributed by atoms with Gasteiger partial charge in [-0.05, 0) is 29.8 Å². The topological polar surface area (TPSA) is 60.7 Å². The molecule has 1 aromatic heterocycles. The molecule has 0 radical (unpaired) electrons. The number of nitrogens with one attached hydrogen (secondary N) is 1. The Labute approximate surface area is 120 Å². The van der Waals surface area contributed by atoms with Crippen LogP contribution >= 0.6 is 11.6 Å². The van der Waals surface area contributed by atoms with Crippen LogP contribution < -0.4 is 5.32 Å². The number of hydrogen-bond donors (Lipinski definition) is 1. The van der Waals surface area contributed by atoms with Crippen molar-refractivity contribution in [2.45, 2.75) is 6.29 Å². The number of furan rings is 1. The lowest BCUT2D eigenvalue weighted by Gasteiger charge is -2.10. The van der Waals surface area contributed by atoms with Crippen molar-refractivity contribution in [3.05, 3.63) is 52.9 Å². The van der Waals surface area contributed by atoms with E-state index in [9.17, 15) is 4.79 Å². The minimum absolute atomic E-state index is 0.0758. The second-order valence-electron chi connectivity index (χ2n) is 4.26. The second-order valence-corrected chi connectivity index (χ2v) is 4.60. The molecule has 1 fully saturated rings. The number of halogens is 1. The molecule has 20 heavy (non-hydrogen) atoms. The summed E-state index contributed by atoms with van der Waals surface area (Å²) in [6.45, 7) is 1.20. The van der Waals surface area contributed by atoms with Crippen LogP contribution in [0.25, 0.3) is 0 Å². The summed E-state index contributed by atoms with van der Waals surface area (Å²) in [7, 11) is 0. The van der Waals surface area contributed by atoms with Gasteiger partial charge in [0.25, 0.3) is 5.91 Å². The third kappa shape index (κ3) is 2.70. The van der Waals surface area contributed by atoms with Gasteiger partial charge in [0, 0.05) is 11.3 Å². The smallest absolute Gasteiger partial charge is 0.260 e. The molecule has 0 unspecified atom stereocenters. The SMILES string of the molecule is O=C(Nc1ccc(C2OCCO2)cc1)c1ccoc1Cl. The Kier molecular flexibility index (Phi) is 3.73. The van der Waals surface area contributed by atoms with Crippen LogP contribution in [0, 0.1) is 0 Å². The number of amides is 1. The molecule has 104 valence electrons. The molecule has 6 heteroatoms. The summed E-state index contributed by atoms with van der Waals surface area (Å²) in [6.07, 6.45) is 1.05. The molecule has 3 rings (SSSR count). The van der Waals surface area contributed by atoms with Crippen LogP contribution in [0.4, 0.5) is 5.69 Å². The monoisotopic (exact) mass is 293 g/mol. The molecule has 0 aliphatic carbocycles. The van der Waals surface area contributed by atoms with Crippen molar-refractivity contribution in [3.63, 3.8) is 0 Å². The molecule has 5 nitrogen and oxygen atoms in total. The number of hydrogen-bond acceptors (Lipinski definition) is 4. The Morgan fingerprint density at radius 2 is 1.85 bits per heavy atom. The summed E-state index contributed by atoms with van der Waals surface area (Å²) < 4.78 is 15.7. The van der Waals surface area contributed by atoms with Crippen LogP contribution in [0.1, 0.15) is 22.2 Å². The molecular formula is C14H12ClNO4. The Bertz CT molecular complexity index is 602. The highest BCUT2D eigenvalue weighted by molar-refractivity contribution is 6.32. The zero-order valence-corrected chi connectivity index (χ0v) is 11.2. The van der Waals surface area contributed by atoms with Gasteiger partial charge in [0.15, 0.2) is 6.29 Å². The second kappa shape index (κ2) is 5.66. The summed E-state index contributed by atoms with van der Waals surface area (Å²) in [6, 6.07) is 8.79. The number of anilines is 1. The summed E-state index contributed by atoms with van der Waals surface area (Å²) in [5.74, 6) is -0.315. The van der Waals surface area contributed by atoms with Gasteiger partial charge in [-0.15, -0.1) is 0 Å². The summed E-state index contributed by atoms with van der Waals surface area (Å²) in [5.41, 5.74) is 1.88. The fourth-order valence-corrected chi connectivity index (χ4v) is 2.13. The van der Waals surface area contributed by atoms with E-state index in [1.165, 1.54) is 12.3 Å². The first-order chi connectivity index (χ1) is 9.74. The van der Waals surface area contributed by atoms with E-state index in [1.54, 1.807) is 12.1 Å². The van der Waals surface area contributed by atoms with Gasteiger partial charge in [-0.2, -0.15) is 0 Å². The van der Waals surface area contributed by atoms with Gasteiger partial charge >= 0.3 is 0 Å². The maximum Gasteiger partial charge on any atom is 0.260 e. The van der Waals surface area contributed by atoms with Gasteiger partial charge in [0.2, 0.25) is 5.22 Å². The normalized spacial score (nSPS) is 15.4. The molecule has 2 aromatic rings. The van der Waals surface area contributed by atoms with Crippen LogP contribution in [-0.4, -0.2) is 19.1 Å². The van der Waals surface area contributed by atoms with E-state index in [4.69, 9.17) is 25.5 Å². The highest BCUT2D eigenvalue weighted by Gasteiger charge is 2.18. The van der Waals surface area contributed by atoms with Gasteiger partial charge in [-0.3, -0.25) is 4.79 Å². The third-order valence-corrected chi connectivity index (χ3v) is 3.22. The molecule has 1 N–H and O–H groups in total. The van der Waals surface area contributed by atoms with Gasteiger partial charge in [0.1, 0.15) is 0 Å². The molecule has 0 saturated carbocycles. The summed E-state index contributed by atoms with van der Waals surface area (Å²) >= 11 is 5.75. The Morgan fingerprint density at radius 3 is 2.45 bits per heavy atom. The number of carbonyl (C=O) groups excluding carboxylic acids is 1. The largest absolute Gasteiger partial charge is 0.452 e. The maximum atomic E-state index is 11.9. The number of rotatable bonds is 3. The highest BCUT2D eigenvalue weighted by atomic mass is 35.5. The van der Waals surface area contributed by atoms with Crippen LogP contribution in [0.2, 0.25) is 5.22 Å². The van der Waals surface area contributed by atoms with E-state index >= 15 is 0 Å². The molecule has 1 aliphatic heterocycles. The molecule has 1 saturated heterocycles. The molecule has 1 aliphatic rings. The van der Waals surface area contributed by atoms with Crippen molar-refractivity contribution >= 4 is 23.2 Å². The highest BCUT2D eigenvalue weighted by Crippen LogP contribution is 2.25. The minimum Gasteiger partial charge on any atom is -0.452 e. The Hall–Kier alpha value is -1.82. The van der Waals surface area contributed by atoms with Gasteiger partial charge < -0.3 is 19.2 Å². The van der Waals surface area contributed by atoms with E-state index in [-0.39, 0.29) is 17.4 Å². The third-order valence-electron chi connectivity index (χ3n) is 2.93. The van der Waals surface area contributed by atoms with Crippen LogP contribution in [0.5, 0.6) is 0 Å². The summed E-state index contributed by atoms with van der Waals surface area (Å²) in [4.78, 5) is 11.9. The van der Waals surface area contributed by atoms with Crippen molar-refractivity contribution in [2.24, 2.45) is 0 Å². The number of benzene rings is 1. The standard InChI is InChI=1S/C14H12ClNO4/c15-12-11(5-6-18-12)13(17)16-10-3-1-9(2-4-10)14-19-7-8-20-14/h1-6,14H,7-8H2,(H,16,17). The lowest BCUT2D eigenvalue weighted by atomic mass is 10.2. The zero-order chi connectivity index (χ0) is 13.9.